The maximum absolute atomic E-state index is 12.6. The molecule has 1 amide bonds. The first-order valence-corrected chi connectivity index (χ1v) is 10.9. The van der Waals surface area contributed by atoms with Gasteiger partial charge in [0.2, 0.25) is 0 Å². The number of nitro benzene ring substituents is 1. The lowest BCUT2D eigenvalue weighted by Crippen LogP contribution is -2.18. The number of rotatable bonds is 5. The van der Waals surface area contributed by atoms with Crippen LogP contribution in [-0.2, 0) is 6.54 Å². The maximum Gasteiger partial charge on any atom is 0.280 e. The van der Waals surface area contributed by atoms with E-state index in [1.54, 1.807) is 30.0 Å². The number of fused-ring (bicyclic) bond motifs is 1. The highest BCUT2D eigenvalue weighted by Gasteiger charge is 2.14. The van der Waals surface area contributed by atoms with Gasteiger partial charge in [0.25, 0.3) is 11.6 Å². The molecule has 26 heavy (non-hydrogen) atoms. The third kappa shape index (κ3) is 3.99. The fourth-order valence-electron chi connectivity index (χ4n) is 2.44. The van der Waals surface area contributed by atoms with Crippen LogP contribution in [0.2, 0.25) is 0 Å². The molecule has 3 rings (SSSR count). The van der Waals surface area contributed by atoms with Crippen molar-refractivity contribution in [2.24, 2.45) is 4.99 Å². The molecule has 0 N–H and O–H groups in total. The van der Waals surface area contributed by atoms with Gasteiger partial charge in [-0.05, 0) is 47.0 Å². The van der Waals surface area contributed by atoms with Crippen molar-refractivity contribution in [1.29, 1.82) is 0 Å². The number of benzene rings is 2. The Bertz CT molecular complexity index is 1060. The van der Waals surface area contributed by atoms with Crippen LogP contribution in [0.4, 0.5) is 5.69 Å². The molecule has 0 radical (unpaired) electrons. The highest BCUT2D eigenvalue weighted by atomic mass is 127. The molecular weight excluding hydrogens is 485 g/mol. The number of hydrogen-bond acceptors (Lipinski definition) is 5. The minimum atomic E-state index is -0.417. The highest BCUT2D eigenvalue weighted by Crippen LogP contribution is 2.23. The second-order valence-electron chi connectivity index (χ2n) is 5.34. The molecule has 0 saturated heterocycles. The van der Waals surface area contributed by atoms with Crippen LogP contribution in [-0.4, -0.2) is 27.4 Å². The van der Waals surface area contributed by atoms with Gasteiger partial charge in [-0.2, -0.15) is 16.8 Å². The standard InChI is InChI=1S/C17H14IN3O3S2/c1-25-9-8-20-14-7-6-11(21(23)24)10-15(14)26-17(20)19-16(22)12-4-2-3-5-13(12)18/h2-7,10H,8-9H2,1H3. The molecule has 6 nitrogen and oxygen atoms in total. The van der Waals surface area contributed by atoms with E-state index in [-0.39, 0.29) is 11.6 Å². The summed E-state index contributed by atoms with van der Waals surface area (Å²) in [7, 11) is 0. The number of aryl methyl sites for hydroxylation is 1. The lowest BCUT2D eigenvalue weighted by molar-refractivity contribution is -0.384. The summed E-state index contributed by atoms with van der Waals surface area (Å²) in [5.41, 5.74) is 1.43. The Morgan fingerprint density at radius 2 is 2.12 bits per heavy atom. The summed E-state index contributed by atoms with van der Waals surface area (Å²) in [6.45, 7) is 0.678. The summed E-state index contributed by atoms with van der Waals surface area (Å²) in [6, 6.07) is 12.0. The van der Waals surface area contributed by atoms with Crippen LogP contribution in [0.1, 0.15) is 10.4 Å². The molecule has 0 atom stereocenters. The van der Waals surface area contributed by atoms with Crippen molar-refractivity contribution in [2.45, 2.75) is 6.54 Å². The summed E-state index contributed by atoms with van der Waals surface area (Å²) >= 11 is 5.10. The molecule has 134 valence electrons. The van der Waals surface area contributed by atoms with E-state index in [9.17, 15) is 14.9 Å². The Hall–Kier alpha value is -1.72. The van der Waals surface area contributed by atoms with Crippen molar-refractivity contribution < 1.29 is 9.72 Å². The molecule has 3 aromatic rings. The van der Waals surface area contributed by atoms with E-state index in [1.165, 1.54) is 23.5 Å². The molecule has 0 aliphatic heterocycles. The van der Waals surface area contributed by atoms with Gasteiger partial charge in [0.1, 0.15) is 0 Å². The first-order valence-electron chi connectivity index (χ1n) is 7.61. The number of nitrogens with zero attached hydrogens (tertiary/aromatic N) is 3. The maximum atomic E-state index is 12.6. The summed E-state index contributed by atoms with van der Waals surface area (Å²) in [5.74, 6) is 0.543. The second kappa shape index (κ2) is 8.31. The van der Waals surface area contributed by atoms with Crippen LogP contribution in [0.3, 0.4) is 0 Å². The molecule has 0 unspecified atom stereocenters. The largest absolute Gasteiger partial charge is 0.315 e. The zero-order valence-electron chi connectivity index (χ0n) is 13.7. The molecule has 0 aliphatic rings. The average Bonchev–Trinajstić information content (AvgIpc) is 2.96. The quantitative estimate of drug-likeness (QED) is 0.298. The van der Waals surface area contributed by atoms with Crippen molar-refractivity contribution in [3.8, 4) is 0 Å². The molecule has 0 aliphatic carbocycles. The van der Waals surface area contributed by atoms with E-state index in [0.717, 1.165) is 19.5 Å². The van der Waals surface area contributed by atoms with E-state index in [0.29, 0.717) is 16.9 Å². The molecule has 0 saturated carbocycles. The van der Waals surface area contributed by atoms with Crippen molar-refractivity contribution >= 4 is 67.5 Å². The van der Waals surface area contributed by atoms with E-state index in [2.05, 4.69) is 27.6 Å². The Kier molecular flexibility index (Phi) is 6.09. The van der Waals surface area contributed by atoms with Crippen molar-refractivity contribution in [1.82, 2.24) is 4.57 Å². The minimum Gasteiger partial charge on any atom is -0.315 e. The summed E-state index contributed by atoms with van der Waals surface area (Å²) < 4.78 is 3.54. The SMILES string of the molecule is CSCCn1c(=NC(=O)c2ccccc2I)sc2cc([N+](=O)[O-])ccc21. The number of hydrogen-bond donors (Lipinski definition) is 0. The number of thioether (sulfide) groups is 1. The van der Waals surface area contributed by atoms with Gasteiger partial charge in [0.05, 0.1) is 20.7 Å². The number of aromatic nitrogens is 1. The van der Waals surface area contributed by atoms with E-state index < -0.39 is 4.92 Å². The van der Waals surface area contributed by atoms with Crippen LogP contribution < -0.4 is 4.80 Å². The minimum absolute atomic E-state index is 0.0336. The molecule has 1 heterocycles. The molecule has 0 bridgehead atoms. The van der Waals surface area contributed by atoms with Crippen LogP contribution >= 0.6 is 45.7 Å². The second-order valence-corrected chi connectivity index (χ2v) is 8.49. The van der Waals surface area contributed by atoms with Gasteiger partial charge in [-0.1, -0.05) is 23.5 Å². The van der Waals surface area contributed by atoms with Gasteiger partial charge in [0.15, 0.2) is 4.80 Å². The van der Waals surface area contributed by atoms with Gasteiger partial charge in [0, 0.05) is 28.0 Å². The summed E-state index contributed by atoms with van der Waals surface area (Å²) in [6.07, 6.45) is 2.01. The fourth-order valence-corrected chi connectivity index (χ4v) is 4.51. The Morgan fingerprint density at radius 1 is 1.35 bits per heavy atom. The monoisotopic (exact) mass is 499 g/mol. The zero-order valence-corrected chi connectivity index (χ0v) is 17.5. The number of amides is 1. The normalized spacial score (nSPS) is 11.8. The summed E-state index contributed by atoms with van der Waals surface area (Å²) in [4.78, 5) is 28.1. The van der Waals surface area contributed by atoms with Gasteiger partial charge in [-0.25, -0.2) is 0 Å². The highest BCUT2D eigenvalue weighted by molar-refractivity contribution is 14.1. The van der Waals surface area contributed by atoms with Crippen LogP contribution in [0.5, 0.6) is 0 Å². The smallest absolute Gasteiger partial charge is 0.280 e. The van der Waals surface area contributed by atoms with Crippen molar-refractivity contribution in [2.75, 3.05) is 12.0 Å². The average molecular weight is 499 g/mol. The lowest BCUT2D eigenvalue weighted by atomic mass is 10.2. The van der Waals surface area contributed by atoms with E-state index in [1.807, 2.05) is 23.0 Å². The van der Waals surface area contributed by atoms with Gasteiger partial charge >= 0.3 is 0 Å². The van der Waals surface area contributed by atoms with E-state index in [4.69, 9.17) is 0 Å². The molecule has 0 spiro atoms. The lowest BCUT2D eigenvalue weighted by Gasteiger charge is -2.04. The Morgan fingerprint density at radius 3 is 2.81 bits per heavy atom. The molecule has 2 aromatic carbocycles. The number of non-ortho nitro benzene ring substituents is 1. The molecular formula is C17H14IN3O3S2. The summed E-state index contributed by atoms with van der Waals surface area (Å²) in [5, 5.41) is 11.0. The Balaban J connectivity index is 2.15. The molecule has 1 aromatic heterocycles. The first kappa shape index (κ1) is 19.1. The number of halogens is 1. The van der Waals surface area contributed by atoms with Crippen molar-refractivity contribution in [3.05, 3.63) is 66.5 Å². The third-order valence-electron chi connectivity index (χ3n) is 3.70. The molecule has 0 fully saturated rings. The third-order valence-corrected chi connectivity index (χ3v) is 6.27. The zero-order chi connectivity index (χ0) is 18.7. The fraction of sp³-hybridized carbons (Fsp3) is 0.176. The van der Waals surface area contributed by atoms with Crippen molar-refractivity contribution in [3.63, 3.8) is 0 Å². The number of carbonyl (C=O) groups excluding carboxylic acids is 1. The predicted molar refractivity (Wildman–Crippen MR) is 114 cm³/mol. The van der Waals surface area contributed by atoms with Gasteiger partial charge < -0.3 is 4.57 Å². The number of carbonyl (C=O) groups is 1. The predicted octanol–water partition coefficient (Wildman–Crippen LogP) is 4.32. The van der Waals surface area contributed by atoms with Crippen LogP contribution in [0, 0.1) is 13.7 Å². The number of nitro groups is 1. The van der Waals surface area contributed by atoms with Gasteiger partial charge in [-0.3, -0.25) is 14.9 Å². The van der Waals surface area contributed by atoms with Gasteiger partial charge in [-0.15, -0.1) is 0 Å². The number of thiazole rings is 1. The van der Waals surface area contributed by atoms with Crippen LogP contribution in [0.25, 0.3) is 10.2 Å². The Labute approximate surface area is 171 Å². The van der Waals surface area contributed by atoms with Crippen LogP contribution in [0.15, 0.2) is 47.5 Å². The first-order chi connectivity index (χ1) is 12.5. The van der Waals surface area contributed by atoms with E-state index >= 15 is 0 Å². The topological polar surface area (TPSA) is 77.5 Å². The molecule has 9 heteroatoms.